The summed E-state index contributed by atoms with van der Waals surface area (Å²) in [6, 6.07) is 11.9. The Morgan fingerprint density at radius 2 is 1.97 bits per heavy atom. The van der Waals surface area contributed by atoms with E-state index in [-0.39, 0.29) is 10.9 Å². The minimum absolute atomic E-state index is 0.0292. The molecule has 1 unspecified atom stereocenters. The topological polar surface area (TPSA) is 81.0 Å². The molecule has 35 heavy (non-hydrogen) atoms. The first-order valence-electron chi connectivity index (χ1n) is 12.0. The first kappa shape index (κ1) is 25.3. The van der Waals surface area contributed by atoms with Crippen LogP contribution in [0.4, 0.5) is 0 Å². The Balaban J connectivity index is 1.64. The Hall–Kier alpha value is -2.75. The largest absolute Gasteiger partial charge is 0.494 e. The summed E-state index contributed by atoms with van der Waals surface area (Å²) in [6.45, 7) is 9.39. The lowest BCUT2D eigenvalue weighted by Gasteiger charge is -2.34. The number of fused-ring (bicyclic) bond motifs is 1. The van der Waals surface area contributed by atoms with Crippen LogP contribution in [0.1, 0.15) is 49.9 Å². The van der Waals surface area contributed by atoms with Crippen molar-refractivity contribution in [2.45, 2.75) is 57.0 Å². The number of rotatable bonds is 8. The number of ether oxygens (including phenoxy) is 1. The van der Waals surface area contributed by atoms with Crippen molar-refractivity contribution in [2.75, 3.05) is 13.2 Å². The molecule has 0 saturated carbocycles. The van der Waals surface area contributed by atoms with Crippen LogP contribution >= 0.6 is 11.3 Å². The van der Waals surface area contributed by atoms with Crippen molar-refractivity contribution in [1.82, 2.24) is 8.87 Å². The first-order valence-corrected chi connectivity index (χ1v) is 14.2. The van der Waals surface area contributed by atoms with Crippen molar-refractivity contribution in [1.29, 1.82) is 0 Å². The molecule has 9 heteroatoms. The van der Waals surface area contributed by atoms with Crippen LogP contribution in [-0.2, 0) is 16.6 Å². The van der Waals surface area contributed by atoms with Crippen LogP contribution in [-0.4, -0.2) is 42.4 Å². The molecule has 0 radical (unpaired) electrons. The van der Waals surface area contributed by atoms with Gasteiger partial charge in [-0.3, -0.25) is 4.79 Å². The zero-order valence-corrected chi connectivity index (χ0v) is 21.8. The minimum Gasteiger partial charge on any atom is -0.494 e. The Bertz CT molecular complexity index is 1390. The van der Waals surface area contributed by atoms with E-state index < -0.39 is 15.9 Å². The van der Waals surface area contributed by atoms with Crippen LogP contribution in [0.5, 0.6) is 5.75 Å². The minimum atomic E-state index is -3.60. The molecule has 1 amide bonds. The van der Waals surface area contributed by atoms with Crippen LogP contribution in [0.3, 0.4) is 0 Å². The van der Waals surface area contributed by atoms with E-state index in [0.29, 0.717) is 30.1 Å². The van der Waals surface area contributed by atoms with Crippen LogP contribution in [0.2, 0.25) is 0 Å². The summed E-state index contributed by atoms with van der Waals surface area (Å²) in [5.41, 5.74) is 1.28. The molecule has 0 spiro atoms. The van der Waals surface area contributed by atoms with E-state index in [1.165, 1.54) is 23.5 Å². The number of allylic oxidation sites excluding steroid dienone is 1. The van der Waals surface area contributed by atoms with Crippen molar-refractivity contribution >= 4 is 37.5 Å². The van der Waals surface area contributed by atoms with Gasteiger partial charge in [0.25, 0.3) is 5.91 Å². The molecule has 1 aliphatic heterocycles. The van der Waals surface area contributed by atoms with Crippen LogP contribution in [0.25, 0.3) is 10.2 Å². The van der Waals surface area contributed by atoms with E-state index in [9.17, 15) is 13.2 Å². The normalized spacial score (nSPS) is 17.5. The molecule has 4 rings (SSSR count). The fourth-order valence-corrected chi connectivity index (χ4v) is 7.29. The molecule has 1 aromatic heterocycles. The average molecular weight is 514 g/mol. The van der Waals surface area contributed by atoms with E-state index >= 15 is 0 Å². The molecular weight excluding hydrogens is 482 g/mol. The van der Waals surface area contributed by atoms with Gasteiger partial charge < -0.3 is 9.30 Å². The average Bonchev–Trinajstić information content (AvgIpc) is 3.20. The third kappa shape index (κ3) is 5.27. The molecular formula is C26H31N3O4S2. The Labute approximate surface area is 210 Å². The maximum absolute atomic E-state index is 13.2. The number of thiazole rings is 1. The summed E-state index contributed by atoms with van der Waals surface area (Å²) in [5, 5.41) is 0. The maximum atomic E-state index is 13.2. The molecule has 3 aromatic rings. The van der Waals surface area contributed by atoms with E-state index in [1.807, 2.05) is 36.6 Å². The number of nitrogens with zero attached hydrogens (tertiary/aromatic N) is 3. The van der Waals surface area contributed by atoms with Gasteiger partial charge in [-0.05, 0) is 68.7 Å². The SMILES string of the molecule is C=CCn1c(=NC(=O)c2ccc(S(=O)(=O)N3CCCCC3CC)cc2)sc2cc(OCC)ccc21. The third-order valence-electron chi connectivity index (χ3n) is 6.23. The zero-order valence-electron chi connectivity index (χ0n) is 20.1. The van der Waals surface area contributed by atoms with E-state index in [4.69, 9.17) is 4.74 Å². The lowest BCUT2D eigenvalue weighted by Crippen LogP contribution is -2.43. The summed E-state index contributed by atoms with van der Waals surface area (Å²) in [7, 11) is -3.60. The van der Waals surface area contributed by atoms with Crippen LogP contribution in [0, 0.1) is 0 Å². The summed E-state index contributed by atoms with van der Waals surface area (Å²) in [4.78, 5) is 18.1. The highest BCUT2D eigenvalue weighted by Crippen LogP contribution is 2.27. The molecule has 2 aromatic carbocycles. The second kappa shape index (κ2) is 10.9. The number of hydrogen-bond donors (Lipinski definition) is 0. The second-order valence-electron chi connectivity index (χ2n) is 8.46. The Morgan fingerprint density at radius 3 is 2.66 bits per heavy atom. The highest BCUT2D eigenvalue weighted by Gasteiger charge is 2.32. The molecule has 1 aliphatic rings. The number of carbonyl (C=O) groups excluding carboxylic acids is 1. The van der Waals surface area contributed by atoms with Gasteiger partial charge in [-0.2, -0.15) is 9.30 Å². The number of hydrogen-bond acceptors (Lipinski definition) is 5. The smallest absolute Gasteiger partial charge is 0.279 e. The highest BCUT2D eigenvalue weighted by atomic mass is 32.2. The number of amides is 1. The molecule has 2 heterocycles. The van der Waals surface area contributed by atoms with Crippen molar-refractivity contribution in [2.24, 2.45) is 4.99 Å². The first-order chi connectivity index (χ1) is 16.9. The van der Waals surface area contributed by atoms with Gasteiger partial charge in [-0.1, -0.05) is 30.8 Å². The molecule has 1 saturated heterocycles. The monoisotopic (exact) mass is 513 g/mol. The van der Waals surface area contributed by atoms with Gasteiger partial charge in [0, 0.05) is 24.7 Å². The number of piperidine rings is 1. The van der Waals surface area contributed by atoms with Gasteiger partial charge in [0.1, 0.15) is 5.75 Å². The van der Waals surface area contributed by atoms with Crippen molar-refractivity contribution in [3.63, 3.8) is 0 Å². The van der Waals surface area contributed by atoms with Gasteiger partial charge in [0.05, 0.1) is 21.7 Å². The van der Waals surface area contributed by atoms with Crippen molar-refractivity contribution in [3.8, 4) is 5.75 Å². The number of sulfonamides is 1. The summed E-state index contributed by atoms with van der Waals surface area (Å²) in [5.74, 6) is 0.341. The van der Waals surface area contributed by atoms with Gasteiger partial charge in [-0.25, -0.2) is 8.42 Å². The van der Waals surface area contributed by atoms with Crippen molar-refractivity contribution in [3.05, 3.63) is 65.5 Å². The molecule has 186 valence electrons. The van der Waals surface area contributed by atoms with Gasteiger partial charge in [0.15, 0.2) is 4.80 Å². The number of carbonyl (C=O) groups is 1. The van der Waals surface area contributed by atoms with Crippen LogP contribution in [0.15, 0.2) is 65.0 Å². The lowest BCUT2D eigenvalue weighted by atomic mass is 10.0. The quantitative estimate of drug-likeness (QED) is 0.398. The van der Waals surface area contributed by atoms with Gasteiger partial charge >= 0.3 is 0 Å². The number of aromatic nitrogens is 1. The Morgan fingerprint density at radius 1 is 1.20 bits per heavy atom. The highest BCUT2D eigenvalue weighted by molar-refractivity contribution is 7.89. The molecule has 0 aliphatic carbocycles. The Kier molecular flexibility index (Phi) is 7.88. The third-order valence-corrected chi connectivity index (χ3v) is 9.23. The second-order valence-corrected chi connectivity index (χ2v) is 11.4. The fourth-order valence-electron chi connectivity index (χ4n) is 4.46. The van der Waals surface area contributed by atoms with E-state index in [2.05, 4.69) is 11.6 Å². The molecule has 0 bridgehead atoms. The maximum Gasteiger partial charge on any atom is 0.279 e. The summed E-state index contributed by atoms with van der Waals surface area (Å²) >= 11 is 1.40. The predicted molar refractivity (Wildman–Crippen MR) is 139 cm³/mol. The van der Waals surface area contributed by atoms with E-state index in [1.54, 1.807) is 22.5 Å². The van der Waals surface area contributed by atoms with Gasteiger partial charge in [-0.15, -0.1) is 6.58 Å². The molecule has 1 fully saturated rings. The van der Waals surface area contributed by atoms with Crippen molar-refractivity contribution < 1.29 is 17.9 Å². The standard InChI is InChI=1S/C26H31N3O4S2/c1-4-16-28-23-15-12-21(33-6-3)18-24(23)34-26(28)27-25(30)19-10-13-22(14-11-19)35(31,32)29-17-8-7-9-20(29)5-2/h4,10-15,18,20H,1,5-9,16-17H2,2-3H3. The number of benzene rings is 2. The molecule has 0 N–H and O–H groups in total. The molecule has 1 atom stereocenters. The predicted octanol–water partition coefficient (Wildman–Crippen LogP) is 4.98. The molecule has 7 nitrogen and oxygen atoms in total. The van der Waals surface area contributed by atoms with Crippen LogP contribution < -0.4 is 9.54 Å². The van der Waals surface area contributed by atoms with E-state index in [0.717, 1.165) is 41.6 Å². The lowest BCUT2D eigenvalue weighted by molar-refractivity contribution is 0.0997. The summed E-state index contributed by atoms with van der Waals surface area (Å²) < 4.78 is 36.5. The fraction of sp³-hybridized carbons (Fsp3) is 0.385. The zero-order chi connectivity index (χ0) is 25.0. The summed E-state index contributed by atoms with van der Waals surface area (Å²) in [6.07, 6.45) is 5.36. The van der Waals surface area contributed by atoms with Gasteiger partial charge in [0.2, 0.25) is 10.0 Å².